The molecule has 6 heteroatoms. The topological polar surface area (TPSA) is 66.8 Å². The molecule has 0 aromatic heterocycles. The van der Waals surface area contributed by atoms with Gasteiger partial charge in [-0.1, -0.05) is 36.4 Å². The fourth-order valence-corrected chi connectivity index (χ4v) is 4.47. The molecular weight excluding hydrogens is 378 g/mol. The van der Waals surface area contributed by atoms with Crippen LogP contribution in [0, 0.1) is 0 Å². The summed E-state index contributed by atoms with van der Waals surface area (Å²) in [7, 11) is 1.33. The highest BCUT2D eigenvalue weighted by molar-refractivity contribution is 6.27. The van der Waals surface area contributed by atoms with Gasteiger partial charge in [-0.2, -0.15) is 0 Å². The molecule has 2 aromatic carbocycles. The van der Waals surface area contributed by atoms with Crippen LogP contribution in [0.5, 0.6) is 5.75 Å². The molecule has 1 heterocycles. The van der Waals surface area contributed by atoms with Gasteiger partial charge in [-0.25, -0.2) is 4.79 Å². The third-order valence-corrected chi connectivity index (χ3v) is 5.77. The van der Waals surface area contributed by atoms with Gasteiger partial charge in [0.1, 0.15) is 17.7 Å². The number of hydrogen-bond acceptors (Lipinski definition) is 4. The van der Waals surface area contributed by atoms with Crippen LogP contribution in [0.1, 0.15) is 29.2 Å². The molecule has 0 saturated carbocycles. The van der Waals surface area contributed by atoms with Crippen molar-refractivity contribution < 1.29 is 19.4 Å². The number of amides is 1. The van der Waals surface area contributed by atoms with Gasteiger partial charge >= 0.3 is 5.97 Å². The quantitative estimate of drug-likeness (QED) is 0.636. The van der Waals surface area contributed by atoms with Crippen LogP contribution in [0.2, 0.25) is 0 Å². The van der Waals surface area contributed by atoms with Gasteiger partial charge in [-0.3, -0.25) is 4.79 Å². The van der Waals surface area contributed by atoms with Crippen LogP contribution >= 0.6 is 11.6 Å². The Bertz CT molecular complexity index is 967. The summed E-state index contributed by atoms with van der Waals surface area (Å²) in [4.78, 5) is 27.0. The van der Waals surface area contributed by atoms with Crippen molar-refractivity contribution in [2.45, 2.75) is 24.9 Å². The standard InChI is InChI=1S/C22H20ClNO4/c1-28-22(27)19-11-17-16-5-3-2-4-14(16)10-18(17)21(24(19)20(26)12-23)13-6-8-15(25)9-7-13/h2-9,19,21,25H,10-12H2,1H3/t19-,21+/m1/s1. The molecule has 0 unspecified atom stereocenters. The van der Waals surface area contributed by atoms with Gasteiger partial charge in [0.2, 0.25) is 5.91 Å². The van der Waals surface area contributed by atoms with Gasteiger partial charge in [-0.15, -0.1) is 11.6 Å². The Morgan fingerprint density at radius 1 is 1.18 bits per heavy atom. The van der Waals surface area contributed by atoms with E-state index in [-0.39, 0.29) is 17.5 Å². The highest BCUT2D eigenvalue weighted by Crippen LogP contribution is 2.49. The lowest BCUT2D eigenvalue weighted by Crippen LogP contribution is -2.51. The molecule has 1 amide bonds. The number of nitrogens with zero attached hydrogens (tertiary/aromatic N) is 1. The van der Waals surface area contributed by atoms with Crippen molar-refractivity contribution in [3.05, 3.63) is 70.8 Å². The smallest absolute Gasteiger partial charge is 0.328 e. The number of benzene rings is 2. The van der Waals surface area contributed by atoms with E-state index in [1.165, 1.54) is 12.7 Å². The maximum absolute atomic E-state index is 12.8. The molecule has 2 aromatic rings. The fraction of sp³-hybridized carbons (Fsp3) is 0.273. The van der Waals surface area contributed by atoms with Gasteiger partial charge in [0, 0.05) is 6.42 Å². The van der Waals surface area contributed by atoms with E-state index in [1.807, 2.05) is 12.1 Å². The number of halogens is 1. The number of esters is 1. The van der Waals surface area contributed by atoms with E-state index < -0.39 is 18.1 Å². The van der Waals surface area contributed by atoms with E-state index in [4.69, 9.17) is 16.3 Å². The Hall–Kier alpha value is -2.79. The van der Waals surface area contributed by atoms with Crippen molar-refractivity contribution in [2.24, 2.45) is 0 Å². The van der Waals surface area contributed by atoms with E-state index in [9.17, 15) is 14.7 Å². The number of alkyl halides is 1. The van der Waals surface area contributed by atoms with Crippen molar-refractivity contribution in [1.82, 2.24) is 4.90 Å². The van der Waals surface area contributed by atoms with Crippen LogP contribution in [0.25, 0.3) is 5.57 Å². The monoisotopic (exact) mass is 397 g/mol. The first-order chi connectivity index (χ1) is 13.5. The molecule has 0 radical (unpaired) electrons. The number of hydrogen-bond donors (Lipinski definition) is 1. The first-order valence-electron chi connectivity index (χ1n) is 9.09. The minimum absolute atomic E-state index is 0.142. The first-order valence-corrected chi connectivity index (χ1v) is 9.62. The van der Waals surface area contributed by atoms with Gasteiger partial charge in [0.15, 0.2) is 0 Å². The molecule has 5 nitrogen and oxygen atoms in total. The number of carbonyl (C=O) groups excluding carboxylic acids is 2. The van der Waals surface area contributed by atoms with Crippen molar-refractivity contribution >= 4 is 29.1 Å². The Kier molecular flexibility index (Phi) is 4.85. The summed E-state index contributed by atoms with van der Waals surface area (Å²) in [6.07, 6.45) is 1.10. The molecule has 4 rings (SSSR count). The maximum atomic E-state index is 12.8. The SMILES string of the molecule is COC(=O)[C@H]1CC2=C(Cc3ccccc32)[C@H](c2ccc(O)cc2)N1C(=O)CCl. The molecule has 1 N–H and O–H groups in total. The molecule has 0 saturated heterocycles. The number of phenolic OH excluding ortho intramolecular Hbond substituents is 1. The van der Waals surface area contributed by atoms with E-state index in [0.29, 0.717) is 12.8 Å². The lowest BCUT2D eigenvalue weighted by atomic mass is 9.84. The summed E-state index contributed by atoms with van der Waals surface area (Å²) in [5, 5.41) is 9.70. The number of rotatable bonds is 3. The molecule has 2 aliphatic rings. The highest BCUT2D eigenvalue weighted by atomic mass is 35.5. The summed E-state index contributed by atoms with van der Waals surface area (Å²) < 4.78 is 5.02. The molecular formula is C22H20ClNO4. The van der Waals surface area contributed by atoms with Gasteiger partial charge in [0.25, 0.3) is 0 Å². The Labute approximate surface area is 168 Å². The van der Waals surface area contributed by atoms with Crippen LogP contribution in [-0.2, 0) is 20.7 Å². The Morgan fingerprint density at radius 3 is 2.57 bits per heavy atom. The summed E-state index contributed by atoms with van der Waals surface area (Å²) in [6, 6.07) is 13.6. The largest absolute Gasteiger partial charge is 0.508 e. The number of aromatic hydroxyl groups is 1. The van der Waals surface area contributed by atoms with E-state index in [0.717, 1.165) is 22.3 Å². The lowest BCUT2D eigenvalue weighted by Gasteiger charge is -2.42. The second-order valence-electron chi connectivity index (χ2n) is 7.01. The number of methoxy groups -OCH3 is 1. The highest BCUT2D eigenvalue weighted by Gasteiger charge is 2.45. The maximum Gasteiger partial charge on any atom is 0.328 e. The average molecular weight is 398 g/mol. The van der Waals surface area contributed by atoms with Crippen molar-refractivity contribution in [3.63, 3.8) is 0 Å². The van der Waals surface area contributed by atoms with Gasteiger partial charge in [0.05, 0.1) is 13.2 Å². The summed E-state index contributed by atoms with van der Waals surface area (Å²) in [5.74, 6) is -0.864. The predicted octanol–water partition coefficient (Wildman–Crippen LogP) is 3.46. The number of phenols is 1. The zero-order valence-electron chi connectivity index (χ0n) is 15.4. The second-order valence-corrected chi connectivity index (χ2v) is 7.28. The van der Waals surface area contributed by atoms with Gasteiger partial charge in [-0.05, 0) is 46.4 Å². The second kappa shape index (κ2) is 7.32. The van der Waals surface area contributed by atoms with E-state index >= 15 is 0 Å². The molecule has 0 spiro atoms. The minimum atomic E-state index is -0.750. The van der Waals surface area contributed by atoms with Crippen LogP contribution < -0.4 is 0 Å². The number of ether oxygens (including phenoxy) is 1. The zero-order valence-corrected chi connectivity index (χ0v) is 16.1. The Balaban J connectivity index is 1.91. The number of fused-ring (bicyclic) bond motifs is 2. The molecule has 144 valence electrons. The molecule has 1 aliphatic carbocycles. The predicted molar refractivity (Wildman–Crippen MR) is 106 cm³/mol. The number of carbonyl (C=O) groups is 2. The summed E-state index contributed by atoms with van der Waals surface area (Å²) in [5.41, 5.74) is 5.30. The van der Waals surface area contributed by atoms with Crippen LogP contribution in [0.15, 0.2) is 54.1 Å². The van der Waals surface area contributed by atoms with Crippen molar-refractivity contribution in [3.8, 4) is 5.75 Å². The normalized spacial score (nSPS) is 20.6. The van der Waals surface area contributed by atoms with E-state index in [1.54, 1.807) is 29.2 Å². The fourth-order valence-electron chi connectivity index (χ4n) is 4.33. The van der Waals surface area contributed by atoms with Crippen LogP contribution in [0.4, 0.5) is 0 Å². The van der Waals surface area contributed by atoms with Crippen molar-refractivity contribution in [2.75, 3.05) is 13.0 Å². The molecule has 28 heavy (non-hydrogen) atoms. The third-order valence-electron chi connectivity index (χ3n) is 5.54. The summed E-state index contributed by atoms with van der Waals surface area (Å²) >= 11 is 5.91. The van der Waals surface area contributed by atoms with Crippen LogP contribution in [0.3, 0.4) is 0 Å². The van der Waals surface area contributed by atoms with Crippen molar-refractivity contribution in [1.29, 1.82) is 0 Å². The molecule has 2 atom stereocenters. The third kappa shape index (κ3) is 2.96. The molecule has 1 aliphatic heterocycles. The molecule has 0 fully saturated rings. The Morgan fingerprint density at radius 2 is 1.89 bits per heavy atom. The summed E-state index contributed by atoms with van der Waals surface area (Å²) in [6.45, 7) is 0. The van der Waals surface area contributed by atoms with Gasteiger partial charge < -0.3 is 14.7 Å². The molecule has 0 bridgehead atoms. The van der Waals surface area contributed by atoms with E-state index in [2.05, 4.69) is 12.1 Å². The van der Waals surface area contributed by atoms with Crippen LogP contribution in [-0.4, -0.2) is 40.9 Å². The minimum Gasteiger partial charge on any atom is -0.508 e. The first kappa shape index (κ1) is 18.6. The average Bonchev–Trinajstić information content (AvgIpc) is 3.10. The lowest BCUT2D eigenvalue weighted by molar-refractivity contribution is -0.153. The zero-order chi connectivity index (χ0) is 19.8.